The number of carboxylic acids is 1. The van der Waals surface area contributed by atoms with Gasteiger partial charge in [0.15, 0.2) is 0 Å². The molecule has 2 aliphatic rings. The van der Waals surface area contributed by atoms with Crippen molar-refractivity contribution >= 4 is 11.9 Å². The van der Waals surface area contributed by atoms with Crippen LogP contribution in [0.15, 0.2) is 18.2 Å². The van der Waals surface area contributed by atoms with E-state index in [-0.39, 0.29) is 17.2 Å². The summed E-state index contributed by atoms with van der Waals surface area (Å²) in [7, 11) is 0. The Bertz CT molecular complexity index is 600. The van der Waals surface area contributed by atoms with Crippen LogP contribution in [0.1, 0.15) is 40.7 Å². The van der Waals surface area contributed by atoms with Crippen LogP contribution in [-0.2, 0) is 4.79 Å². The molecule has 2 fully saturated rings. The maximum absolute atomic E-state index is 12.6. The van der Waals surface area contributed by atoms with Crippen LogP contribution in [0, 0.1) is 25.2 Å². The molecule has 1 N–H and O–H groups in total. The Hall–Kier alpha value is -1.84. The normalized spacial score (nSPS) is 23.1. The van der Waals surface area contributed by atoms with Crippen molar-refractivity contribution in [3.63, 3.8) is 0 Å². The highest BCUT2D eigenvalue weighted by molar-refractivity contribution is 5.95. The molecule has 1 saturated carbocycles. The van der Waals surface area contributed by atoms with E-state index in [9.17, 15) is 9.59 Å². The van der Waals surface area contributed by atoms with Crippen molar-refractivity contribution in [2.45, 2.75) is 33.1 Å². The Labute approximate surface area is 124 Å². The molecule has 1 aliphatic heterocycles. The summed E-state index contributed by atoms with van der Waals surface area (Å²) in [5.41, 5.74) is 2.91. The topological polar surface area (TPSA) is 57.6 Å². The van der Waals surface area contributed by atoms with Gasteiger partial charge in [-0.2, -0.15) is 0 Å². The number of benzene rings is 1. The zero-order valence-electron chi connectivity index (χ0n) is 12.6. The van der Waals surface area contributed by atoms with Crippen LogP contribution >= 0.6 is 0 Å². The molecule has 1 amide bonds. The second-order valence-corrected chi connectivity index (χ2v) is 6.57. The highest BCUT2D eigenvalue weighted by atomic mass is 16.4. The number of hydrogen-bond donors (Lipinski definition) is 1. The van der Waals surface area contributed by atoms with Gasteiger partial charge in [0.25, 0.3) is 5.91 Å². The van der Waals surface area contributed by atoms with Gasteiger partial charge in [-0.05, 0) is 50.2 Å². The second-order valence-electron chi connectivity index (χ2n) is 6.57. The number of rotatable bonds is 2. The van der Waals surface area contributed by atoms with Crippen molar-refractivity contribution in [3.05, 3.63) is 34.9 Å². The minimum absolute atomic E-state index is 0.0229. The molecule has 0 radical (unpaired) electrons. The molecule has 112 valence electrons. The van der Waals surface area contributed by atoms with Gasteiger partial charge in [0.1, 0.15) is 0 Å². The molecule has 1 unspecified atom stereocenters. The van der Waals surface area contributed by atoms with Gasteiger partial charge in [-0.1, -0.05) is 17.7 Å². The molecule has 0 bridgehead atoms. The second kappa shape index (κ2) is 4.86. The highest BCUT2D eigenvalue weighted by Gasteiger charge is 2.59. The van der Waals surface area contributed by atoms with Crippen LogP contribution < -0.4 is 0 Å². The SMILES string of the molecule is Cc1ccc(C(=O)N2CCC3(CC2)CC3C(=O)O)c(C)c1. The smallest absolute Gasteiger partial charge is 0.307 e. The number of carbonyl (C=O) groups excluding carboxylic acids is 1. The first kappa shape index (κ1) is 14.1. The molecule has 3 rings (SSSR count). The van der Waals surface area contributed by atoms with Gasteiger partial charge in [0.2, 0.25) is 0 Å². The number of aryl methyl sites for hydroxylation is 2. The molecule has 4 nitrogen and oxygen atoms in total. The summed E-state index contributed by atoms with van der Waals surface area (Å²) in [6, 6.07) is 5.89. The van der Waals surface area contributed by atoms with Crippen molar-refractivity contribution < 1.29 is 14.7 Å². The fourth-order valence-electron chi connectivity index (χ4n) is 3.63. The molecule has 4 heteroatoms. The lowest BCUT2D eigenvalue weighted by Crippen LogP contribution is -2.40. The van der Waals surface area contributed by atoms with E-state index in [4.69, 9.17) is 5.11 Å². The van der Waals surface area contributed by atoms with Crippen LogP contribution in [-0.4, -0.2) is 35.0 Å². The average molecular weight is 287 g/mol. The number of aliphatic carboxylic acids is 1. The first-order valence-electron chi connectivity index (χ1n) is 7.52. The first-order chi connectivity index (χ1) is 9.93. The Morgan fingerprint density at radius 1 is 1.24 bits per heavy atom. The lowest BCUT2D eigenvalue weighted by Gasteiger charge is -2.33. The predicted octanol–water partition coefficient (Wildman–Crippen LogP) is 2.63. The van der Waals surface area contributed by atoms with Gasteiger partial charge < -0.3 is 10.0 Å². The molecule has 0 aromatic heterocycles. The number of amides is 1. The zero-order chi connectivity index (χ0) is 15.2. The Morgan fingerprint density at radius 3 is 2.43 bits per heavy atom. The number of carboxylic acid groups (broad SMARTS) is 1. The summed E-state index contributed by atoms with van der Waals surface area (Å²) in [4.78, 5) is 25.5. The van der Waals surface area contributed by atoms with E-state index in [1.54, 1.807) is 0 Å². The van der Waals surface area contributed by atoms with E-state index in [0.29, 0.717) is 13.1 Å². The fraction of sp³-hybridized carbons (Fsp3) is 0.529. The molecule has 1 aromatic rings. The molecule has 1 saturated heterocycles. The summed E-state index contributed by atoms with van der Waals surface area (Å²) in [6.45, 7) is 5.34. The fourth-order valence-corrected chi connectivity index (χ4v) is 3.63. The van der Waals surface area contributed by atoms with Gasteiger partial charge in [0.05, 0.1) is 5.92 Å². The monoisotopic (exact) mass is 287 g/mol. The summed E-state index contributed by atoms with van der Waals surface area (Å²) in [6.07, 6.45) is 2.43. The highest BCUT2D eigenvalue weighted by Crippen LogP contribution is 2.59. The largest absolute Gasteiger partial charge is 0.481 e. The van der Waals surface area contributed by atoms with Crippen LogP contribution in [0.4, 0.5) is 0 Å². The molecule has 1 aromatic carbocycles. The summed E-state index contributed by atoms with van der Waals surface area (Å²) in [5, 5.41) is 9.11. The summed E-state index contributed by atoms with van der Waals surface area (Å²) < 4.78 is 0. The quantitative estimate of drug-likeness (QED) is 0.909. The Balaban J connectivity index is 1.67. The third kappa shape index (κ3) is 2.43. The number of hydrogen-bond acceptors (Lipinski definition) is 2. The maximum Gasteiger partial charge on any atom is 0.307 e. The lowest BCUT2D eigenvalue weighted by atomic mass is 9.90. The van der Waals surface area contributed by atoms with E-state index >= 15 is 0 Å². The standard InChI is InChI=1S/C17H21NO3/c1-11-3-4-13(12(2)9-11)15(19)18-7-5-17(6-8-18)10-14(17)16(20)21/h3-4,9,14H,5-8,10H2,1-2H3,(H,20,21). The average Bonchev–Trinajstić information content (AvgIpc) is 3.13. The molecule has 1 spiro atoms. The lowest BCUT2D eigenvalue weighted by molar-refractivity contribution is -0.139. The van der Waals surface area contributed by atoms with Crippen LogP contribution in [0.3, 0.4) is 0 Å². The van der Waals surface area contributed by atoms with E-state index in [1.807, 2.05) is 36.9 Å². The van der Waals surface area contributed by atoms with Crippen molar-refractivity contribution in [2.24, 2.45) is 11.3 Å². The molecular formula is C17H21NO3. The van der Waals surface area contributed by atoms with Gasteiger partial charge in [-0.25, -0.2) is 0 Å². The van der Waals surface area contributed by atoms with Gasteiger partial charge in [0, 0.05) is 18.7 Å². The third-order valence-corrected chi connectivity index (χ3v) is 5.15. The van der Waals surface area contributed by atoms with Crippen molar-refractivity contribution in [1.29, 1.82) is 0 Å². The predicted molar refractivity (Wildman–Crippen MR) is 79.2 cm³/mol. The van der Waals surface area contributed by atoms with Crippen LogP contribution in [0.2, 0.25) is 0 Å². The Kier molecular flexibility index (Phi) is 3.27. The number of nitrogens with zero attached hydrogens (tertiary/aromatic N) is 1. The van der Waals surface area contributed by atoms with Gasteiger partial charge >= 0.3 is 5.97 Å². The van der Waals surface area contributed by atoms with Crippen LogP contribution in [0.25, 0.3) is 0 Å². The molecule has 1 heterocycles. The molecule has 1 atom stereocenters. The first-order valence-corrected chi connectivity index (χ1v) is 7.52. The number of piperidine rings is 1. The summed E-state index contributed by atoms with van der Waals surface area (Å²) >= 11 is 0. The molecule has 21 heavy (non-hydrogen) atoms. The molecular weight excluding hydrogens is 266 g/mol. The van der Waals surface area contributed by atoms with Crippen molar-refractivity contribution in [1.82, 2.24) is 4.90 Å². The Morgan fingerprint density at radius 2 is 1.90 bits per heavy atom. The van der Waals surface area contributed by atoms with Crippen molar-refractivity contribution in [2.75, 3.05) is 13.1 Å². The van der Waals surface area contributed by atoms with Gasteiger partial charge in [-0.15, -0.1) is 0 Å². The third-order valence-electron chi connectivity index (χ3n) is 5.15. The zero-order valence-corrected chi connectivity index (χ0v) is 12.6. The number of carbonyl (C=O) groups is 2. The van der Waals surface area contributed by atoms with E-state index < -0.39 is 5.97 Å². The van der Waals surface area contributed by atoms with Gasteiger partial charge in [-0.3, -0.25) is 9.59 Å². The van der Waals surface area contributed by atoms with E-state index in [0.717, 1.165) is 36.0 Å². The van der Waals surface area contributed by atoms with E-state index in [1.165, 1.54) is 0 Å². The van der Waals surface area contributed by atoms with Crippen molar-refractivity contribution in [3.8, 4) is 0 Å². The van der Waals surface area contributed by atoms with E-state index in [2.05, 4.69) is 0 Å². The molecule has 1 aliphatic carbocycles. The minimum Gasteiger partial charge on any atom is -0.481 e. The number of likely N-dealkylation sites (tertiary alicyclic amines) is 1. The summed E-state index contributed by atoms with van der Waals surface area (Å²) in [5.74, 6) is -0.783. The van der Waals surface area contributed by atoms with Crippen LogP contribution in [0.5, 0.6) is 0 Å². The maximum atomic E-state index is 12.6. The minimum atomic E-state index is -0.677.